The number of esters is 1. The molecule has 3 N–H and O–H groups in total. The van der Waals surface area contributed by atoms with E-state index in [-0.39, 0.29) is 30.5 Å². The fraction of sp³-hybridized carbons (Fsp3) is 0.318. The molecule has 0 fully saturated rings. The van der Waals surface area contributed by atoms with Crippen molar-refractivity contribution in [2.45, 2.75) is 20.8 Å². The third kappa shape index (κ3) is 6.15. The molecule has 0 spiro atoms. The Hall–Kier alpha value is -3.19. The SMILES string of the molecule is COC(=O)c1ccccc1NC(=O)C[NH+](C)CC(=O)Nc1c(C)cc(C)cc1C. The van der Waals surface area contributed by atoms with Gasteiger partial charge in [0.1, 0.15) is 0 Å². The van der Waals surface area contributed by atoms with E-state index in [1.165, 1.54) is 7.11 Å². The topological polar surface area (TPSA) is 88.9 Å². The fourth-order valence-electron chi connectivity index (χ4n) is 3.25. The lowest BCUT2D eigenvalue weighted by Gasteiger charge is -2.16. The number of benzene rings is 2. The fourth-order valence-corrected chi connectivity index (χ4v) is 3.25. The van der Waals surface area contributed by atoms with Gasteiger partial charge in [-0.05, 0) is 44.0 Å². The summed E-state index contributed by atoms with van der Waals surface area (Å²) in [5.41, 5.74) is 4.63. The molecule has 2 amide bonds. The molecule has 2 aromatic rings. The van der Waals surface area contributed by atoms with Crippen LogP contribution >= 0.6 is 0 Å². The Kier molecular flexibility index (Phi) is 7.50. The number of carbonyl (C=O) groups is 3. The maximum absolute atomic E-state index is 12.4. The molecule has 0 aliphatic heterocycles. The predicted octanol–water partition coefficient (Wildman–Crippen LogP) is 1.49. The van der Waals surface area contributed by atoms with Crippen molar-refractivity contribution in [3.05, 3.63) is 58.7 Å². The highest BCUT2D eigenvalue weighted by atomic mass is 16.5. The normalized spacial score (nSPS) is 11.5. The Balaban J connectivity index is 1.94. The van der Waals surface area contributed by atoms with Crippen LogP contribution in [0.15, 0.2) is 36.4 Å². The maximum atomic E-state index is 12.4. The Morgan fingerprint density at radius 2 is 1.48 bits per heavy atom. The van der Waals surface area contributed by atoms with Gasteiger partial charge >= 0.3 is 5.97 Å². The van der Waals surface area contributed by atoms with Gasteiger partial charge in [0.05, 0.1) is 25.4 Å². The van der Waals surface area contributed by atoms with Crippen LogP contribution in [0.4, 0.5) is 11.4 Å². The van der Waals surface area contributed by atoms with Crippen LogP contribution in [0.3, 0.4) is 0 Å². The summed E-state index contributed by atoms with van der Waals surface area (Å²) in [4.78, 5) is 37.3. The standard InChI is InChI=1S/C22H27N3O4/c1-14-10-15(2)21(16(3)11-14)24-20(27)13-25(4)12-19(26)23-18-9-7-6-8-17(18)22(28)29-5/h6-11H,12-13H2,1-5H3,(H,23,26)(H,24,27)/p+1. The quantitative estimate of drug-likeness (QED) is 0.617. The summed E-state index contributed by atoms with van der Waals surface area (Å²) in [6.45, 7) is 6.14. The summed E-state index contributed by atoms with van der Waals surface area (Å²) in [6.07, 6.45) is 0. The van der Waals surface area contributed by atoms with Crippen LogP contribution in [0, 0.1) is 20.8 Å². The third-order valence-electron chi connectivity index (χ3n) is 4.47. The monoisotopic (exact) mass is 398 g/mol. The first-order chi connectivity index (χ1) is 13.7. The van der Waals surface area contributed by atoms with Gasteiger partial charge < -0.3 is 20.3 Å². The molecule has 0 aliphatic rings. The summed E-state index contributed by atoms with van der Waals surface area (Å²) in [5.74, 6) is -0.987. The van der Waals surface area contributed by atoms with E-state index in [1.807, 2.05) is 32.9 Å². The predicted molar refractivity (Wildman–Crippen MR) is 112 cm³/mol. The maximum Gasteiger partial charge on any atom is 0.339 e. The molecular weight excluding hydrogens is 370 g/mol. The van der Waals surface area contributed by atoms with Crippen LogP contribution in [0.1, 0.15) is 27.0 Å². The molecule has 0 aromatic heterocycles. The Bertz CT molecular complexity index is 901. The minimum absolute atomic E-state index is 0.0782. The summed E-state index contributed by atoms with van der Waals surface area (Å²) >= 11 is 0. The van der Waals surface area contributed by atoms with Crippen LogP contribution in [0.5, 0.6) is 0 Å². The molecule has 2 rings (SSSR count). The number of nitrogens with one attached hydrogen (secondary N) is 3. The van der Waals surface area contributed by atoms with Gasteiger partial charge in [-0.3, -0.25) is 9.59 Å². The Labute approximate surface area is 171 Å². The van der Waals surface area contributed by atoms with E-state index in [2.05, 4.69) is 10.6 Å². The number of hydrogen-bond donors (Lipinski definition) is 3. The van der Waals surface area contributed by atoms with Crippen LogP contribution in [0.25, 0.3) is 0 Å². The molecule has 1 atom stereocenters. The molecule has 1 unspecified atom stereocenters. The highest BCUT2D eigenvalue weighted by Crippen LogP contribution is 2.21. The zero-order valence-electron chi connectivity index (χ0n) is 17.5. The molecule has 7 heteroatoms. The van der Waals surface area contributed by atoms with Gasteiger partial charge in [-0.2, -0.15) is 0 Å². The lowest BCUT2D eigenvalue weighted by atomic mass is 10.1. The molecule has 0 saturated heterocycles. The van der Waals surface area contributed by atoms with Gasteiger partial charge in [0, 0.05) is 5.69 Å². The number of amides is 2. The van der Waals surface area contributed by atoms with Gasteiger partial charge in [-0.25, -0.2) is 4.79 Å². The van der Waals surface area contributed by atoms with Crippen molar-refractivity contribution in [2.75, 3.05) is 37.9 Å². The largest absolute Gasteiger partial charge is 0.465 e. The molecule has 7 nitrogen and oxygen atoms in total. The minimum Gasteiger partial charge on any atom is -0.465 e. The van der Waals surface area contributed by atoms with Gasteiger partial charge in [0.2, 0.25) is 0 Å². The summed E-state index contributed by atoms with van der Waals surface area (Å²) in [5, 5.41) is 5.65. The molecule has 2 aromatic carbocycles. The summed E-state index contributed by atoms with van der Waals surface area (Å²) in [7, 11) is 3.05. The average Bonchev–Trinajstić information content (AvgIpc) is 2.64. The number of para-hydroxylation sites is 1. The summed E-state index contributed by atoms with van der Waals surface area (Å²) < 4.78 is 4.73. The number of quaternary nitrogens is 1. The smallest absolute Gasteiger partial charge is 0.339 e. The van der Waals surface area contributed by atoms with E-state index in [1.54, 1.807) is 31.3 Å². The van der Waals surface area contributed by atoms with Crippen molar-refractivity contribution in [2.24, 2.45) is 0 Å². The number of hydrogen-bond acceptors (Lipinski definition) is 4. The second-order valence-corrected chi connectivity index (χ2v) is 7.22. The second kappa shape index (κ2) is 9.84. The third-order valence-corrected chi connectivity index (χ3v) is 4.47. The highest BCUT2D eigenvalue weighted by molar-refractivity contribution is 6.01. The number of rotatable bonds is 7. The van der Waals surface area contributed by atoms with Crippen molar-refractivity contribution in [3.63, 3.8) is 0 Å². The van der Waals surface area contributed by atoms with Gasteiger partial charge in [0.25, 0.3) is 11.8 Å². The number of methoxy groups -OCH3 is 1. The first-order valence-electron chi connectivity index (χ1n) is 9.37. The second-order valence-electron chi connectivity index (χ2n) is 7.22. The zero-order valence-corrected chi connectivity index (χ0v) is 17.5. The highest BCUT2D eigenvalue weighted by Gasteiger charge is 2.18. The van der Waals surface area contributed by atoms with Crippen LogP contribution < -0.4 is 15.5 Å². The molecule has 0 bridgehead atoms. The average molecular weight is 398 g/mol. The molecule has 0 saturated carbocycles. The van der Waals surface area contributed by atoms with Crippen molar-refractivity contribution in [3.8, 4) is 0 Å². The van der Waals surface area contributed by atoms with E-state index >= 15 is 0 Å². The Morgan fingerprint density at radius 3 is 2.07 bits per heavy atom. The van der Waals surface area contributed by atoms with E-state index in [4.69, 9.17) is 4.74 Å². The number of ether oxygens (including phenoxy) is 1. The first-order valence-corrected chi connectivity index (χ1v) is 9.37. The molecule has 0 radical (unpaired) electrons. The van der Waals surface area contributed by atoms with E-state index < -0.39 is 5.97 Å². The van der Waals surface area contributed by atoms with E-state index in [0.717, 1.165) is 27.3 Å². The van der Waals surface area contributed by atoms with Crippen molar-refractivity contribution >= 4 is 29.2 Å². The number of anilines is 2. The van der Waals surface area contributed by atoms with Crippen molar-refractivity contribution < 1.29 is 24.0 Å². The Morgan fingerprint density at radius 1 is 0.931 bits per heavy atom. The zero-order chi connectivity index (χ0) is 21.6. The lowest BCUT2D eigenvalue weighted by molar-refractivity contribution is -0.862. The molecule has 154 valence electrons. The number of likely N-dealkylation sites (N-methyl/N-ethyl adjacent to an activating group) is 1. The lowest BCUT2D eigenvalue weighted by Crippen LogP contribution is -3.11. The number of aryl methyl sites for hydroxylation is 3. The first kappa shape index (κ1) is 22.1. The molecule has 0 aliphatic carbocycles. The molecule has 29 heavy (non-hydrogen) atoms. The van der Waals surface area contributed by atoms with Crippen molar-refractivity contribution in [1.82, 2.24) is 0 Å². The number of carbonyl (C=O) groups excluding carboxylic acids is 3. The van der Waals surface area contributed by atoms with Crippen LogP contribution in [-0.4, -0.2) is 45.0 Å². The van der Waals surface area contributed by atoms with Gasteiger partial charge in [-0.1, -0.05) is 29.8 Å². The van der Waals surface area contributed by atoms with Gasteiger partial charge in [0.15, 0.2) is 13.1 Å². The molecule has 0 heterocycles. The molecular formula is C22H28N3O4+. The summed E-state index contributed by atoms with van der Waals surface area (Å²) in [6, 6.07) is 10.7. The van der Waals surface area contributed by atoms with Crippen LogP contribution in [0.2, 0.25) is 0 Å². The van der Waals surface area contributed by atoms with E-state index in [0.29, 0.717) is 5.69 Å². The van der Waals surface area contributed by atoms with E-state index in [9.17, 15) is 14.4 Å². The van der Waals surface area contributed by atoms with Crippen LogP contribution in [-0.2, 0) is 14.3 Å². The minimum atomic E-state index is -0.523. The van der Waals surface area contributed by atoms with Gasteiger partial charge in [-0.15, -0.1) is 0 Å². The van der Waals surface area contributed by atoms with Crippen molar-refractivity contribution in [1.29, 1.82) is 0 Å².